The van der Waals surface area contributed by atoms with Gasteiger partial charge >= 0.3 is 0 Å². The molecule has 1 rings (SSSR count). The zero-order valence-corrected chi connectivity index (χ0v) is 8.53. The Kier molecular flexibility index (Phi) is 3.87. The van der Waals surface area contributed by atoms with Crippen LogP contribution in [0.5, 0.6) is 0 Å². The lowest BCUT2D eigenvalue weighted by atomic mass is 10.1. The lowest BCUT2D eigenvalue weighted by Crippen LogP contribution is -2.24. The Bertz CT molecular complexity index is 395. The summed E-state index contributed by atoms with van der Waals surface area (Å²) in [5.74, 6) is 2.08. The molecule has 2 nitrogen and oxygen atoms in total. The van der Waals surface area contributed by atoms with Gasteiger partial charge in [-0.25, -0.2) is 4.39 Å². The van der Waals surface area contributed by atoms with E-state index >= 15 is 0 Å². The minimum absolute atomic E-state index is 0.326. The van der Waals surface area contributed by atoms with Gasteiger partial charge in [-0.05, 0) is 25.1 Å². The summed E-state index contributed by atoms with van der Waals surface area (Å²) in [5, 5.41) is 0. The molecular formula is C12H12FNO. The van der Waals surface area contributed by atoms with Crippen molar-refractivity contribution in [2.24, 2.45) is 0 Å². The number of carbonyl (C=O) groups excluding carboxylic acids is 1. The normalized spacial score (nSPS) is 9.40. The van der Waals surface area contributed by atoms with Crippen LogP contribution >= 0.6 is 0 Å². The molecule has 0 spiro atoms. The van der Waals surface area contributed by atoms with Crippen LogP contribution in [-0.2, 0) is 0 Å². The fraction of sp³-hybridized carbons (Fsp3) is 0.250. The fourth-order valence-corrected chi connectivity index (χ4v) is 1.39. The van der Waals surface area contributed by atoms with Crippen molar-refractivity contribution in [3.63, 3.8) is 0 Å². The van der Waals surface area contributed by atoms with E-state index in [9.17, 15) is 9.18 Å². The first-order valence-electron chi connectivity index (χ1n) is 4.66. The maximum absolute atomic E-state index is 12.9. The summed E-state index contributed by atoms with van der Waals surface area (Å²) in [4.78, 5) is 12.6. The first kappa shape index (κ1) is 11.3. The molecule has 0 saturated carbocycles. The molecule has 0 aliphatic rings. The van der Waals surface area contributed by atoms with Gasteiger partial charge in [-0.1, -0.05) is 5.92 Å². The number of anilines is 1. The summed E-state index contributed by atoms with van der Waals surface area (Å²) >= 11 is 0. The molecule has 15 heavy (non-hydrogen) atoms. The van der Waals surface area contributed by atoms with Crippen molar-refractivity contribution in [1.82, 2.24) is 0 Å². The standard InChI is InChI=1S/C12H12FNO/c1-3-7-14(4-2)12-6-5-11(13)8-10(12)9-15/h1,5-6,8-9H,4,7H2,2H3. The van der Waals surface area contributed by atoms with E-state index in [4.69, 9.17) is 6.42 Å². The van der Waals surface area contributed by atoms with Crippen molar-refractivity contribution in [3.05, 3.63) is 29.6 Å². The minimum atomic E-state index is -0.419. The van der Waals surface area contributed by atoms with E-state index in [-0.39, 0.29) is 0 Å². The van der Waals surface area contributed by atoms with E-state index in [0.717, 1.165) is 0 Å². The largest absolute Gasteiger partial charge is 0.360 e. The molecule has 0 aliphatic heterocycles. The Hall–Kier alpha value is -1.82. The average Bonchev–Trinajstić information content (AvgIpc) is 2.26. The molecular weight excluding hydrogens is 193 g/mol. The topological polar surface area (TPSA) is 20.3 Å². The van der Waals surface area contributed by atoms with Gasteiger partial charge in [-0.3, -0.25) is 4.79 Å². The van der Waals surface area contributed by atoms with Crippen molar-refractivity contribution < 1.29 is 9.18 Å². The molecule has 0 N–H and O–H groups in total. The van der Waals surface area contributed by atoms with Crippen LogP contribution in [0.2, 0.25) is 0 Å². The molecule has 0 atom stereocenters. The molecule has 78 valence electrons. The van der Waals surface area contributed by atoms with Crippen molar-refractivity contribution in [2.75, 3.05) is 18.0 Å². The second-order valence-electron chi connectivity index (χ2n) is 3.04. The zero-order valence-electron chi connectivity index (χ0n) is 8.53. The van der Waals surface area contributed by atoms with Crippen LogP contribution in [0.1, 0.15) is 17.3 Å². The summed E-state index contributed by atoms with van der Waals surface area (Å²) in [7, 11) is 0. The number of nitrogens with zero attached hydrogens (tertiary/aromatic N) is 1. The lowest BCUT2D eigenvalue weighted by molar-refractivity contribution is 0.112. The van der Waals surface area contributed by atoms with Gasteiger partial charge < -0.3 is 4.90 Å². The van der Waals surface area contributed by atoms with E-state index in [1.165, 1.54) is 12.1 Å². The molecule has 0 amide bonds. The fourth-order valence-electron chi connectivity index (χ4n) is 1.39. The van der Waals surface area contributed by atoms with Crippen molar-refractivity contribution in [2.45, 2.75) is 6.92 Å². The second-order valence-corrected chi connectivity index (χ2v) is 3.04. The van der Waals surface area contributed by atoms with Gasteiger partial charge in [-0.2, -0.15) is 0 Å². The Balaban J connectivity index is 3.11. The summed E-state index contributed by atoms with van der Waals surface area (Å²) < 4.78 is 12.9. The first-order valence-corrected chi connectivity index (χ1v) is 4.66. The Morgan fingerprint density at radius 2 is 2.33 bits per heavy atom. The molecule has 0 bridgehead atoms. The SMILES string of the molecule is C#CCN(CC)c1ccc(F)cc1C=O. The summed E-state index contributed by atoms with van der Waals surface area (Å²) in [6.45, 7) is 3.01. The Labute approximate surface area is 88.7 Å². The molecule has 0 unspecified atom stereocenters. The van der Waals surface area contributed by atoms with E-state index in [1.54, 1.807) is 6.07 Å². The summed E-state index contributed by atoms with van der Waals surface area (Å²) in [6, 6.07) is 4.10. The Morgan fingerprint density at radius 1 is 1.60 bits per heavy atom. The highest BCUT2D eigenvalue weighted by atomic mass is 19.1. The third-order valence-corrected chi connectivity index (χ3v) is 2.12. The highest BCUT2D eigenvalue weighted by molar-refractivity contribution is 5.84. The van der Waals surface area contributed by atoms with Gasteiger partial charge in [0.25, 0.3) is 0 Å². The predicted octanol–water partition coefficient (Wildman–Crippen LogP) is 2.10. The van der Waals surface area contributed by atoms with Crippen LogP contribution in [0.15, 0.2) is 18.2 Å². The highest BCUT2D eigenvalue weighted by Gasteiger charge is 2.08. The van der Waals surface area contributed by atoms with Crippen molar-refractivity contribution in [1.29, 1.82) is 0 Å². The average molecular weight is 205 g/mol. The third kappa shape index (κ3) is 2.57. The number of terminal acetylenes is 1. The van der Waals surface area contributed by atoms with Crippen LogP contribution in [0, 0.1) is 18.2 Å². The van der Waals surface area contributed by atoms with E-state index < -0.39 is 5.82 Å². The maximum Gasteiger partial charge on any atom is 0.152 e. The number of carbonyl (C=O) groups is 1. The minimum Gasteiger partial charge on any atom is -0.360 e. The van der Waals surface area contributed by atoms with E-state index in [0.29, 0.717) is 30.6 Å². The van der Waals surface area contributed by atoms with Crippen molar-refractivity contribution >= 4 is 12.0 Å². The lowest BCUT2D eigenvalue weighted by Gasteiger charge is -2.21. The number of aldehydes is 1. The highest BCUT2D eigenvalue weighted by Crippen LogP contribution is 2.19. The van der Waals surface area contributed by atoms with Gasteiger partial charge in [0.1, 0.15) is 5.82 Å². The molecule has 0 fully saturated rings. The number of hydrogen-bond acceptors (Lipinski definition) is 2. The molecule has 3 heteroatoms. The number of rotatable bonds is 4. The number of hydrogen-bond donors (Lipinski definition) is 0. The van der Waals surface area contributed by atoms with E-state index in [1.807, 2.05) is 11.8 Å². The second kappa shape index (κ2) is 5.16. The molecule has 0 heterocycles. The first-order chi connectivity index (χ1) is 7.22. The molecule has 0 aromatic heterocycles. The predicted molar refractivity (Wildman–Crippen MR) is 58.5 cm³/mol. The summed E-state index contributed by atoms with van der Waals surface area (Å²) in [5.41, 5.74) is 0.999. The van der Waals surface area contributed by atoms with Gasteiger partial charge in [-0.15, -0.1) is 6.42 Å². The quantitative estimate of drug-likeness (QED) is 0.554. The molecule has 0 saturated heterocycles. The number of benzene rings is 1. The molecule has 1 aromatic carbocycles. The Morgan fingerprint density at radius 3 is 2.87 bits per heavy atom. The third-order valence-electron chi connectivity index (χ3n) is 2.12. The van der Waals surface area contributed by atoms with Gasteiger partial charge in [0, 0.05) is 17.8 Å². The van der Waals surface area contributed by atoms with E-state index in [2.05, 4.69) is 5.92 Å². The van der Waals surface area contributed by atoms with Crippen LogP contribution in [0.3, 0.4) is 0 Å². The van der Waals surface area contributed by atoms with Gasteiger partial charge in [0.2, 0.25) is 0 Å². The molecule has 1 aromatic rings. The zero-order chi connectivity index (χ0) is 11.3. The monoisotopic (exact) mass is 205 g/mol. The van der Waals surface area contributed by atoms with Crippen LogP contribution in [0.25, 0.3) is 0 Å². The molecule has 0 aliphatic carbocycles. The van der Waals surface area contributed by atoms with Gasteiger partial charge in [0.15, 0.2) is 6.29 Å². The smallest absolute Gasteiger partial charge is 0.152 e. The summed E-state index contributed by atoms with van der Waals surface area (Å²) in [6.07, 6.45) is 5.85. The van der Waals surface area contributed by atoms with Crippen LogP contribution in [-0.4, -0.2) is 19.4 Å². The van der Waals surface area contributed by atoms with Gasteiger partial charge in [0.05, 0.1) is 6.54 Å². The molecule has 0 radical (unpaired) electrons. The van der Waals surface area contributed by atoms with Crippen LogP contribution in [0.4, 0.5) is 10.1 Å². The van der Waals surface area contributed by atoms with Crippen molar-refractivity contribution in [3.8, 4) is 12.3 Å². The van der Waals surface area contributed by atoms with Crippen LogP contribution < -0.4 is 4.90 Å². The maximum atomic E-state index is 12.9. The number of halogens is 1.